The first-order chi connectivity index (χ1) is 7.93. The van der Waals surface area contributed by atoms with Gasteiger partial charge in [-0.1, -0.05) is 0 Å². The van der Waals surface area contributed by atoms with Crippen molar-refractivity contribution in [2.75, 3.05) is 26.2 Å². The quantitative estimate of drug-likeness (QED) is 0.788. The number of nitrogens with one attached hydrogen (secondary N) is 2. The molecule has 0 aliphatic carbocycles. The van der Waals surface area contributed by atoms with Crippen LogP contribution in [0.2, 0.25) is 0 Å². The molecule has 2 N–H and O–H groups in total. The fraction of sp³-hybridized carbons (Fsp3) is 0.750. The smallest absolute Gasteiger partial charge is 0.0682 e. The second-order valence-electron chi connectivity index (χ2n) is 4.85. The predicted molar refractivity (Wildman–Crippen MR) is 63.4 cm³/mol. The molecule has 1 aromatic heterocycles. The van der Waals surface area contributed by atoms with Crippen LogP contribution < -0.4 is 5.32 Å². The maximum Gasteiger partial charge on any atom is 0.0682 e. The molecule has 0 unspecified atom stereocenters. The normalized spacial score (nSPS) is 21.2. The van der Waals surface area contributed by atoms with Crippen LogP contribution in [0.15, 0.2) is 0 Å². The lowest BCUT2D eigenvalue weighted by atomic mass is 10.1. The minimum atomic E-state index is 1.00. The van der Waals surface area contributed by atoms with Crippen LogP contribution in [-0.2, 0) is 19.4 Å². The molecule has 3 rings (SSSR count). The van der Waals surface area contributed by atoms with Crippen molar-refractivity contribution in [3.63, 3.8) is 0 Å². The van der Waals surface area contributed by atoms with Crippen molar-refractivity contribution >= 4 is 0 Å². The minimum Gasteiger partial charge on any atom is -0.312 e. The first-order valence-electron chi connectivity index (χ1n) is 6.41. The molecule has 0 radical (unpaired) electrons. The van der Waals surface area contributed by atoms with Crippen LogP contribution in [-0.4, -0.2) is 41.3 Å². The summed E-state index contributed by atoms with van der Waals surface area (Å²) in [6.45, 7) is 5.83. The van der Waals surface area contributed by atoms with Gasteiger partial charge < -0.3 is 10.2 Å². The number of hydrogen-bond donors (Lipinski definition) is 2. The zero-order valence-electron chi connectivity index (χ0n) is 9.76. The average molecular weight is 220 g/mol. The Kier molecular flexibility index (Phi) is 2.93. The highest BCUT2D eigenvalue weighted by Crippen LogP contribution is 2.16. The molecule has 0 spiro atoms. The Morgan fingerprint density at radius 3 is 3.00 bits per heavy atom. The molecule has 0 amide bonds. The Bertz CT molecular complexity index is 352. The van der Waals surface area contributed by atoms with Gasteiger partial charge in [-0.15, -0.1) is 0 Å². The van der Waals surface area contributed by atoms with Crippen molar-refractivity contribution < 1.29 is 0 Å². The van der Waals surface area contributed by atoms with Crippen molar-refractivity contribution in [3.05, 3.63) is 17.0 Å². The van der Waals surface area contributed by atoms with E-state index in [0.29, 0.717) is 0 Å². The van der Waals surface area contributed by atoms with E-state index < -0.39 is 0 Å². The van der Waals surface area contributed by atoms with Crippen molar-refractivity contribution in [3.8, 4) is 0 Å². The van der Waals surface area contributed by atoms with Crippen LogP contribution >= 0.6 is 0 Å². The first kappa shape index (κ1) is 10.3. The first-order valence-corrected chi connectivity index (χ1v) is 6.41. The van der Waals surface area contributed by atoms with Crippen LogP contribution in [0.3, 0.4) is 0 Å². The van der Waals surface area contributed by atoms with Gasteiger partial charge in [0, 0.05) is 43.7 Å². The summed E-state index contributed by atoms with van der Waals surface area (Å²) in [6, 6.07) is 0. The highest BCUT2D eigenvalue weighted by atomic mass is 15.2. The molecular weight excluding hydrogens is 200 g/mol. The number of aromatic amines is 1. The van der Waals surface area contributed by atoms with Crippen LogP contribution in [0.1, 0.15) is 29.8 Å². The van der Waals surface area contributed by atoms with E-state index in [2.05, 4.69) is 20.4 Å². The molecule has 2 aliphatic rings. The van der Waals surface area contributed by atoms with E-state index in [9.17, 15) is 0 Å². The fourth-order valence-electron chi connectivity index (χ4n) is 2.76. The SMILES string of the molecule is C1CCN(CCc2n[nH]c3c2CNCC3)C1. The Balaban J connectivity index is 1.63. The topological polar surface area (TPSA) is 44.0 Å². The van der Waals surface area contributed by atoms with Crippen molar-refractivity contribution in [1.82, 2.24) is 20.4 Å². The van der Waals surface area contributed by atoms with E-state index in [0.717, 1.165) is 25.9 Å². The van der Waals surface area contributed by atoms with Gasteiger partial charge >= 0.3 is 0 Å². The maximum atomic E-state index is 4.47. The molecule has 1 fully saturated rings. The fourth-order valence-corrected chi connectivity index (χ4v) is 2.76. The molecule has 0 bridgehead atoms. The molecule has 3 heterocycles. The van der Waals surface area contributed by atoms with Crippen LogP contribution in [0.5, 0.6) is 0 Å². The van der Waals surface area contributed by atoms with Crippen LogP contribution in [0.4, 0.5) is 0 Å². The second-order valence-corrected chi connectivity index (χ2v) is 4.85. The number of likely N-dealkylation sites (tertiary alicyclic amines) is 1. The lowest BCUT2D eigenvalue weighted by molar-refractivity contribution is 0.342. The number of H-pyrrole nitrogens is 1. The summed E-state index contributed by atoms with van der Waals surface area (Å²) in [7, 11) is 0. The van der Waals surface area contributed by atoms with E-state index in [1.807, 2.05) is 0 Å². The number of aromatic nitrogens is 2. The Hall–Kier alpha value is -0.870. The molecule has 0 saturated carbocycles. The summed E-state index contributed by atoms with van der Waals surface area (Å²) < 4.78 is 0. The molecule has 88 valence electrons. The zero-order valence-corrected chi connectivity index (χ0v) is 9.76. The van der Waals surface area contributed by atoms with Crippen LogP contribution in [0, 0.1) is 0 Å². The molecule has 2 aliphatic heterocycles. The standard InChI is InChI=1S/C12H20N4/c1-2-7-16(6-1)8-4-12-10-9-13-5-3-11(10)14-15-12/h13H,1-9H2,(H,14,15). The highest BCUT2D eigenvalue weighted by molar-refractivity contribution is 5.27. The summed E-state index contributed by atoms with van der Waals surface area (Å²) >= 11 is 0. The molecule has 4 heteroatoms. The van der Waals surface area contributed by atoms with Gasteiger partial charge in [-0.05, 0) is 25.9 Å². The molecule has 1 aromatic rings. The number of nitrogens with zero attached hydrogens (tertiary/aromatic N) is 2. The summed E-state index contributed by atoms with van der Waals surface area (Å²) in [5.41, 5.74) is 4.08. The van der Waals surface area contributed by atoms with Crippen LogP contribution in [0.25, 0.3) is 0 Å². The van der Waals surface area contributed by atoms with E-state index in [4.69, 9.17) is 0 Å². The second kappa shape index (κ2) is 4.55. The monoisotopic (exact) mass is 220 g/mol. The number of hydrogen-bond acceptors (Lipinski definition) is 3. The Morgan fingerprint density at radius 2 is 2.12 bits per heavy atom. The molecule has 16 heavy (non-hydrogen) atoms. The molecular formula is C12H20N4. The maximum absolute atomic E-state index is 4.47. The Labute approximate surface area is 96.4 Å². The van der Waals surface area contributed by atoms with Gasteiger partial charge in [0.2, 0.25) is 0 Å². The molecule has 1 saturated heterocycles. The number of fused-ring (bicyclic) bond motifs is 1. The van der Waals surface area contributed by atoms with Crippen molar-refractivity contribution in [1.29, 1.82) is 0 Å². The van der Waals surface area contributed by atoms with Gasteiger partial charge in [0.15, 0.2) is 0 Å². The third-order valence-electron chi connectivity index (χ3n) is 3.76. The van der Waals surface area contributed by atoms with Gasteiger partial charge in [-0.25, -0.2) is 0 Å². The van der Waals surface area contributed by atoms with E-state index >= 15 is 0 Å². The number of rotatable bonds is 3. The van der Waals surface area contributed by atoms with E-state index in [1.54, 1.807) is 0 Å². The highest BCUT2D eigenvalue weighted by Gasteiger charge is 2.17. The van der Waals surface area contributed by atoms with Gasteiger partial charge in [0.05, 0.1) is 5.69 Å². The van der Waals surface area contributed by atoms with Gasteiger partial charge in [-0.3, -0.25) is 5.10 Å². The van der Waals surface area contributed by atoms with Crippen molar-refractivity contribution in [2.45, 2.75) is 32.2 Å². The minimum absolute atomic E-state index is 1.00. The van der Waals surface area contributed by atoms with Crippen molar-refractivity contribution in [2.24, 2.45) is 0 Å². The average Bonchev–Trinajstić information content (AvgIpc) is 2.96. The third-order valence-corrected chi connectivity index (χ3v) is 3.76. The Morgan fingerprint density at radius 1 is 1.25 bits per heavy atom. The third kappa shape index (κ3) is 1.99. The summed E-state index contributed by atoms with van der Waals surface area (Å²) in [6.07, 6.45) is 4.96. The van der Waals surface area contributed by atoms with Gasteiger partial charge in [0.1, 0.15) is 0 Å². The lowest BCUT2D eigenvalue weighted by Gasteiger charge is -2.15. The van der Waals surface area contributed by atoms with E-state index in [-0.39, 0.29) is 0 Å². The van der Waals surface area contributed by atoms with Gasteiger partial charge in [-0.2, -0.15) is 5.10 Å². The largest absolute Gasteiger partial charge is 0.312 e. The lowest BCUT2D eigenvalue weighted by Crippen LogP contribution is -2.25. The molecule has 0 atom stereocenters. The molecule has 4 nitrogen and oxygen atoms in total. The van der Waals surface area contributed by atoms with E-state index in [1.165, 1.54) is 49.4 Å². The summed E-state index contributed by atoms with van der Waals surface area (Å²) in [5.74, 6) is 0. The summed E-state index contributed by atoms with van der Waals surface area (Å²) in [5, 5.41) is 11.1. The predicted octanol–water partition coefficient (Wildman–Crippen LogP) is 0.694. The summed E-state index contributed by atoms with van der Waals surface area (Å²) in [4.78, 5) is 2.55. The molecule has 0 aromatic carbocycles. The zero-order chi connectivity index (χ0) is 10.8. The van der Waals surface area contributed by atoms with Gasteiger partial charge in [0.25, 0.3) is 0 Å².